The highest BCUT2D eigenvalue weighted by molar-refractivity contribution is 8.93. The predicted molar refractivity (Wildman–Crippen MR) is 71.8 cm³/mol. The SMILES string of the molecule is Br.CCCC[C@H](N)C(=O)N1CCC[C@H]1C(N)=O. The van der Waals surface area contributed by atoms with E-state index in [1.54, 1.807) is 4.90 Å². The van der Waals surface area contributed by atoms with Crippen LogP contribution in [0.2, 0.25) is 0 Å². The Labute approximate surface area is 113 Å². The number of rotatable bonds is 5. The third-order valence-corrected chi connectivity index (χ3v) is 3.05. The number of carbonyl (C=O) groups excluding carboxylic acids is 2. The quantitative estimate of drug-likeness (QED) is 0.777. The molecule has 0 bridgehead atoms. The van der Waals surface area contributed by atoms with E-state index in [9.17, 15) is 9.59 Å². The van der Waals surface area contributed by atoms with Gasteiger partial charge in [-0.15, -0.1) is 17.0 Å². The fourth-order valence-electron chi connectivity index (χ4n) is 2.09. The van der Waals surface area contributed by atoms with E-state index in [1.165, 1.54) is 0 Å². The first kappa shape index (κ1) is 16.4. The molecule has 1 aliphatic heterocycles. The van der Waals surface area contributed by atoms with Gasteiger partial charge in [0.15, 0.2) is 0 Å². The summed E-state index contributed by atoms with van der Waals surface area (Å²) < 4.78 is 0. The second-order valence-corrected chi connectivity index (χ2v) is 4.34. The molecule has 0 aromatic carbocycles. The minimum absolute atomic E-state index is 0. The molecule has 2 amide bonds. The van der Waals surface area contributed by atoms with Gasteiger partial charge in [-0.2, -0.15) is 0 Å². The number of hydrogen-bond donors (Lipinski definition) is 2. The zero-order valence-corrected chi connectivity index (χ0v) is 11.9. The summed E-state index contributed by atoms with van der Waals surface area (Å²) >= 11 is 0. The molecule has 0 saturated carbocycles. The highest BCUT2D eigenvalue weighted by atomic mass is 79.9. The van der Waals surface area contributed by atoms with Gasteiger partial charge < -0.3 is 16.4 Å². The van der Waals surface area contributed by atoms with Crippen molar-refractivity contribution in [3.05, 3.63) is 0 Å². The fourth-order valence-corrected chi connectivity index (χ4v) is 2.09. The van der Waals surface area contributed by atoms with Crippen molar-refractivity contribution in [2.24, 2.45) is 11.5 Å². The van der Waals surface area contributed by atoms with E-state index in [2.05, 4.69) is 6.92 Å². The van der Waals surface area contributed by atoms with Crippen molar-refractivity contribution in [2.45, 2.75) is 51.1 Å². The van der Waals surface area contributed by atoms with Gasteiger partial charge >= 0.3 is 0 Å². The van der Waals surface area contributed by atoms with E-state index in [-0.39, 0.29) is 22.9 Å². The van der Waals surface area contributed by atoms with Gasteiger partial charge in [-0.3, -0.25) is 9.59 Å². The number of hydrogen-bond acceptors (Lipinski definition) is 3. The van der Waals surface area contributed by atoms with E-state index >= 15 is 0 Å². The fraction of sp³-hybridized carbons (Fsp3) is 0.818. The van der Waals surface area contributed by atoms with Crippen LogP contribution in [0.25, 0.3) is 0 Å². The van der Waals surface area contributed by atoms with Crippen molar-refractivity contribution in [2.75, 3.05) is 6.54 Å². The maximum absolute atomic E-state index is 12.0. The Morgan fingerprint density at radius 3 is 2.65 bits per heavy atom. The molecule has 0 spiro atoms. The molecule has 4 N–H and O–H groups in total. The van der Waals surface area contributed by atoms with E-state index in [4.69, 9.17) is 11.5 Å². The summed E-state index contributed by atoms with van der Waals surface area (Å²) in [5.74, 6) is -0.553. The highest BCUT2D eigenvalue weighted by Crippen LogP contribution is 2.18. The van der Waals surface area contributed by atoms with Crippen molar-refractivity contribution < 1.29 is 9.59 Å². The van der Waals surface area contributed by atoms with E-state index in [1.807, 2.05) is 0 Å². The molecule has 5 nitrogen and oxygen atoms in total. The number of carbonyl (C=O) groups is 2. The normalized spacial score (nSPS) is 20.8. The van der Waals surface area contributed by atoms with Gasteiger partial charge in [0.1, 0.15) is 6.04 Å². The first-order valence-corrected chi connectivity index (χ1v) is 5.93. The maximum atomic E-state index is 12.0. The monoisotopic (exact) mass is 307 g/mol. The molecule has 0 aromatic rings. The summed E-state index contributed by atoms with van der Waals surface area (Å²) in [5, 5.41) is 0. The van der Waals surface area contributed by atoms with E-state index in [0.29, 0.717) is 19.4 Å². The Kier molecular flexibility index (Phi) is 7.38. The van der Waals surface area contributed by atoms with E-state index in [0.717, 1.165) is 19.3 Å². The van der Waals surface area contributed by atoms with Crippen LogP contribution < -0.4 is 11.5 Å². The summed E-state index contributed by atoms with van der Waals surface area (Å²) in [6, 6.07) is -0.930. The van der Waals surface area contributed by atoms with Crippen LogP contribution in [0.15, 0.2) is 0 Å². The average Bonchev–Trinajstić information content (AvgIpc) is 2.73. The van der Waals surface area contributed by atoms with Crippen LogP contribution in [0.3, 0.4) is 0 Å². The standard InChI is InChI=1S/C11H21N3O2.BrH/c1-2-3-5-8(12)11(16)14-7-4-6-9(14)10(13)15;/h8-9H,2-7,12H2,1H3,(H2,13,15);1H/t8-,9-;/m0./s1. The van der Waals surface area contributed by atoms with Gasteiger partial charge in [0.05, 0.1) is 6.04 Å². The van der Waals surface area contributed by atoms with Crippen LogP contribution in [-0.4, -0.2) is 35.3 Å². The molecule has 0 aromatic heterocycles. The van der Waals surface area contributed by atoms with Crippen LogP contribution in [0.4, 0.5) is 0 Å². The van der Waals surface area contributed by atoms with Crippen LogP contribution in [0.1, 0.15) is 39.0 Å². The molecular formula is C11H22BrN3O2. The Bertz CT molecular complexity index is 273. The van der Waals surface area contributed by atoms with Crippen molar-refractivity contribution in [1.82, 2.24) is 4.90 Å². The summed E-state index contributed by atoms with van der Waals surface area (Å²) in [5.41, 5.74) is 11.1. The van der Waals surface area contributed by atoms with Gasteiger partial charge in [-0.25, -0.2) is 0 Å². The molecule has 6 heteroatoms. The maximum Gasteiger partial charge on any atom is 0.240 e. The Balaban J connectivity index is 0.00000256. The Morgan fingerprint density at radius 2 is 2.12 bits per heavy atom. The lowest BCUT2D eigenvalue weighted by atomic mass is 10.1. The van der Waals surface area contributed by atoms with Crippen LogP contribution >= 0.6 is 17.0 Å². The summed E-state index contributed by atoms with van der Waals surface area (Å²) in [6.45, 7) is 2.66. The highest BCUT2D eigenvalue weighted by Gasteiger charge is 2.34. The number of halogens is 1. The predicted octanol–water partition coefficient (Wildman–Crippen LogP) is 0.558. The largest absolute Gasteiger partial charge is 0.368 e. The van der Waals surface area contributed by atoms with Crippen molar-refractivity contribution in [3.63, 3.8) is 0 Å². The first-order chi connectivity index (χ1) is 7.57. The smallest absolute Gasteiger partial charge is 0.240 e. The second kappa shape index (κ2) is 7.66. The van der Waals surface area contributed by atoms with Crippen LogP contribution in [0.5, 0.6) is 0 Å². The lowest BCUT2D eigenvalue weighted by molar-refractivity contribution is -0.138. The minimum Gasteiger partial charge on any atom is -0.368 e. The van der Waals surface area contributed by atoms with E-state index < -0.39 is 18.0 Å². The van der Waals surface area contributed by atoms with Crippen LogP contribution in [0, 0.1) is 0 Å². The number of nitrogens with zero attached hydrogens (tertiary/aromatic N) is 1. The first-order valence-electron chi connectivity index (χ1n) is 5.93. The molecule has 1 fully saturated rings. The lowest BCUT2D eigenvalue weighted by Crippen LogP contribution is -2.50. The number of nitrogens with two attached hydrogens (primary N) is 2. The third kappa shape index (κ3) is 4.27. The zero-order valence-electron chi connectivity index (χ0n) is 10.2. The summed E-state index contributed by atoms with van der Waals surface area (Å²) in [7, 11) is 0. The molecule has 100 valence electrons. The molecule has 1 aliphatic rings. The summed E-state index contributed by atoms with van der Waals surface area (Å²) in [4.78, 5) is 24.6. The van der Waals surface area contributed by atoms with Gasteiger partial charge in [-0.1, -0.05) is 19.8 Å². The van der Waals surface area contributed by atoms with Gasteiger partial charge in [0, 0.05) is 6.54 Å². The molecule has 1 saturated heterocycles. The second-order valence-electron chi connectivity index (χ2n) is 4.34. The van der Waals surface area contributed by atoms with Gasteiger partial charge in [0.25, 0.3) is 0 Å². The van der Waals surface area contributed by atoms with Crippen molar-refractivity contribution in [3.8, 4) is 0 Å². The average molecular weight is 308 g/mol. The lowest BCUT2D eigenvalue weighted by Gasteiger charge is -2.25. The number of unbranched alkanes of at least 4 members (excludes halogenated alkanes) is 1. The number of likely N-dealkylation sites (tertiary alicyclic amines) is 1. The van der Waals surface area contributed by atoms with Crippen molar-refractivity contribution in [1.29, 1.82) is 0 Å². The molecule has 1 rings (SSSR count). The molecule has 0 radical (unpaired) electrons. The molecule has 17 heavy (non-hydrogen) atoms. The minimum atomic E-state index is -0.486. The molecule has 2 atom stereocenters. The molecule has 0 unspecified atom stereocenters. The Hall–Kier alpha value is -0.620. The topological polar surface area (TPSA) is 89.4 Å². The van der Waals surface area contributed by atoms with Gasteiger partial charge in [0.2, 0.25) is 11.8 Å². The van der Waals surface area contributed by atoms with Crippen molar-refractivity contribution >= 4 is 28.8 Å². The Morgan fingerprint density at radius 1 is 1.47 bits per heavy atom. The third-order valence-electron chi connectivity index (χ3n) is 3.05. The summed E-state index contributed by atoms with van der Waals surface area (Å²) in [6.07, 6.45) is 4.13. The number of amides is 2. The molecular weight excluding hydrogens is 286 g/mol. The number of primary amides is 1. The molecule has 1 heterocycles. The van der Waals surface area contributed by atoms with Gasteiger partial charge in [-0.05, 0) is 19.3 Å². The zero-order chi connectivity index (χ0) is 12.1. The molecule has 0 aliphatic carbocycles. The van der Waals surface area contributed by atoms with Crippen LogP contribution in [-0.2, 0) is 9.59 Å².